The number of ether oxygens (including phenoxy) is 1. The maximum atomic E-state index is 9.26. The Morgan fingerprint density at radius 3 is 2.58 bits per heavy atom. The maximum Gasteiger partial charge on any atom is 0.205 e. The van der Waals surface area contributed by atoms with Gasteiger partial charge >= 0.3 is 0 Å². The van der Waals surface area contributed by atoms with Crippen molar-refractivity contribution in [2.45, 2.75) is 32.7 Å². The summed E-state index contributed by atoms with van der Waals surface area (Å²) in [5.41, 5.74) is 2.49. The highest BCUT2D eigenvalue weighted by Crippen LogP contribution is 2.33. The molecule has 4 N–H and O–H groups in total. The molecule has 0 aliphatic carbocycles. The number of methoxy groups -OCH3 is 1. The lowest BCUT2D eigenvalue weighted by Crippen LogP contribution is -2.37. The highest BCUT2D eigenvalue weighted by atomic mass is 16.5. The zero-order valence-corrected chi connectivity index (χ0v) is 11.8. The zero-order valence-electron chi connectivity index (χ0n) is 11.8. The van der Waals surface area contributed by atoms with E-state index in [-0.39, 0.29) is 12.6 Å². The molecule has 1 heterocycles. The van der Waals surface area contributed by atoms with Gasteiger partial charge in [-0.2, -0.15) is 0 Å². The van der Waals surface area contributed by atoms with Gasteiger partial charge in [0.15, 0.2) is 11.6 Å². The number of nitrogens with zero attached hydrogens (tertiary/aromatic N) is 3. The van der Waals surface area contributed by atoms with E-state index in [1.54, 1.807) is 7.11 Å². The van der Waals surface area contributed by atoms with Gasteiger partial charge in [0.1, 0.15) is 6.33 Å². The molecular weight excluding hydrogens is 246 g/mol. The summed E-state index contributed by atoms with van der Waals surface area (Å²) in [6.07, 6.45) is 3.34. The Labute approximate surface area is 113 Å². The SMILES string of the molecule is CCC(CC)N(CCO)c1ncnc(NN)c1OC. The van der Waals surface area contributed by atoms with Crippen LogP contribution in [0.15, 0.2) is 6.33 Å². The second-order valence-electron chi connectivity index (χ2n) is 4.11. The van der Waals surface area contributed by atoms with Crippen LogP contribution in [0.2, 0.25) is 0 Å². The second kappa shape index (κ2) is 7.75. The molecule has 19 heavy (non-hydrogen) atoms. The van der Waals surface area contributed by atoms with Crippen LogP contribution in [0.3, 0.4) is 0 Å². The van der Waals surface area contributed by atoms with Crippen molar-refractivity contribution in [1.29, 1.82) is 0 Å². The first-order valence-electron chi connectivity index (χ1n) is 6.46. The fraction of sp³-hybridized carbons (Fsp3) is 0.667. The summed E-state index contributed by atoms with van der Waals surface area (Å²) in [7, 11) is 1.55. The minimum Gasteiger partial charge on any atom is -0.490 e. The van der Waals surface area contributed by atoms with E-state index in [2.05, 4.69) is 29.2 Å². The van der Waals surface area contributed by atoms with Crippen molar-refractivity contribution in [3.05, 3.63) is 6.33 Å². The third kappa shape index (κ3) is 3.45. The number of hydrogen-bond acceptors (Lipinski definition) is 7. The smallest absolute Gasteiger partial charge is 0.205 e. The first-order chi connectivity index (χ1) is 9.23. The van der Waals surface area contributed by atoms with E-state index in [0.717, 1.165) is 12.8 Å². The fourth-order valence-electron chi connectivity index (χ4n) is 2.16. The van der Waals surface area contributed by atoms with E-state index in [9.17, 15) is 5.11 Å². The number of aliphatic hydroxyl groups is 1. The predicted octanol–water partition coefficient (Wildman–Crippen LogP) is 0.758. The largest absolute Gasteiger partial charge is 0.490 e. The number of hydrazine groups is 1. The van der Waals surface area contributed by atoms with Crippen LogP contribution in [-0.4, -0.2) is 41.4 Å². The van der Waals surface area contributed by atoms with Crippen molar-refractivity contribution in [3.63, 3.8) is 0 Å². The number of nitrogens with one attached hydrogen (secondary N) is 1. The molecule has 108 valence electrons. The third-order valence-corrected chi connectivity index (χ3v) is 3.12. The fourth-order valence-corrected chi connectivity index (χ4v) is 2.16. The summed E-state index contributed by atoms with van der Waals surface area (Å²) in [6, 6.07) is 0.279. The van der Waals surface area contributed by atoms with Crippen molar-refractivity contribution in [2.24, 2.45) is 5.84 Å². The number of hydrogen-bond donors (Lipinski definition) is 3. The molecule has 1 aromatic heterocycles. The normalized spacial score (nSPS) is 10.6. The van der Waals surface area contributed by atoms with Crippen LogP contribution in [0.25, 0.3) is 0 Å². The van der Waals surface area contributed by atoms with Crippen LogP contribution in [-0.2, 0) is 0 Å². The molecule has 0 aliphatic rings. The first kappa shape index (κ1) is 15.5. The number of nitrogens with two attached hydrogens (primary N) is 1. The van der Waals surface area contributed by atoms with Gasteiger partial charge in [-0.05, 0) is 12.8 Å². The van der Waals surface area contributed by atoms with Crippen LogP contribution >= 0.6 is 0 Å². The van der Waals surface area contributed by atoms with E-state index in [1.165, 1.54) is 6.33 Å². The van der Waals surface area contributed by atoms with Gasteiger partial charge in [0, 0.05) is 12.6 Å². The average Bonchev–Trinajstić information content (AvgIpc) is 2.46. The van der Waals surface area contributed by atoms with E-state index in [1.807, 2.05) is 4.90 Å². The first-order valence-corrected chi connectivity index (χ1v) is 6.46. The van der Waals surface area contributed by atoms with E-state index in [0.29, 0.717) is 23.9 Å². The number of aliphatic hydroxyl groups excluding tert-OH is 1. The maximum absolute atomic E-state index is 9.26. The molecule has 0 aromatic carbocycles. The number of aromatic nitrogens is 2. The lowest BCUT2D eigenvalue weighted by Gasteiger charge is -2.32. The van der Waals surface area contributed by atoms with E-state index >= 15 is 0 Å². The lowest BCUT2D eigenvalue weighted by molar-refractivity contribution is 0.294. The molecule has 7 heteroatoms. The Kier molecular flexibility index (Phi) is 6.31. The average molecular weight is 269 g/mol. The van der Waals surface area contributed by atoms with Crippen molar-refractivity contribution in [1.82, 2.24) is 9.97 Å². The van der Waals surface area contributed by atoms with Gasteiger partial charge in [-0.25, -0.2) is 15.8 Å². The van der Waals surface area contributed by atoms with Gasteiger partial charge < -0.3 is 20.2 Å². The Balaban J connectivity index is 3.21. The molecule has 0 spiro atoms. The summed E-state index contributed by atoms with van der Waals surface area (Å²) in [4.78, 5) is 10.3. The van der Waals surface area contributed by atoms with Crippen LogP contribution in [0.1, 0.15) is 26.7 Å². The molecule has 1 rings (SSSR count). The van der Waals surface area contributed by atoms with E-state index in [4.69, 9.17) is 10.6 Å². The quantitative estimate of drug-likeness (QED) is 0.473. The minimum absolute atomic E-state index is 0.0506. The van der Waals surface area contributed by atoms with Gasteiger partial charge in [-0.1, -0.05) is 13.8 Å². The van der Waals surface area contributed by atoms with E-state index < -0.39 is 0 Å². The molecular formula is C12H23N5O2. The molecule has 1 aromatic rings. The number of rotatable bonds is 8. The van der Waals surface area contributed by atoms with Gasteiger partial charge in [-0.3, -0.25) is 0 Å². The Hall–Kier alpha value is -1.60. The Bertz CT molecular complexity index is 384. The number of anilines is 2. The van der Waals surface area contributed by atoms with Crippen molar-refractivity contribution >= 4 is 11.6 Å². The standard InChI is InChI=1S/C12H23N5O2/c1-4-9(5-2)17(6-7-18)12-10(19-3)11(16-13)14-8-15-12/h8-9,18H,4-7,13H2,1-3H3,(H,14,15,16). The zero-order chi connectivity index (χ0) is 14.3. The molecule has 0 atom stereocenters. The van der Waals surface area contributed by atoms with Crippen LogP contribution in [0.5, 0.6) is 5.75 Å². The minimum atomic E-state index is 0.0506. The predicted molar refractivity (Wildman–Crippen MR) is 75.2 cm³/mol. The molecule has 0 unspecified atom stereocenters. The molecule has 0 radical (unpaired) electrons. The molecule has 0 fully saturated rings. The van der Waals surface area contributed by atoms with Crippen LogP contribution < -0.4 is 20.9 Å². The van der Waals surface area contributed by atoms with Crippen LogP contribution in [0.4, 0.5) is 11.6 Å². The molecule has 7 nitrogen and oxygen atoms in total. The third-order valence-electron chi connectivity index (χ3n) is 3.12. The van der Waals surface area contributed by atoms with Gasteiger partial charge in [0.05, 0.1) is 13.7 Å². The highest BCUT2D eigenvalue weighted by molar-refractivity contribution is 5.64. The molecule has 0 bridgehead atoms. The van der Waals surface area contributed by atoms with Gasteiger partial charge in [-0.15, -0.1) is 0 Å². The molecule has 0 aliphatic heterocycles. The van der Waals surface area contributed by atoms with Gasteiger partial charge in [0.25, 0.3) is 0 Å². The molecule has 0 amide bonds. The molecule has 0 saturated heterocycles. The van der Waals surface area contributed by atoms with Crippen molar-refractivity contribution in [2.75, 3.05) is 30.6 Å². The molecule has 0 saturated carbocycles. The Morgan fingerprint density at radius 1 is 1.42 bits per heavy atom. The Morgan fingerprint density at radius 2 is 2.11 bits per heavy atom. The summed E-state index contributed by atoms with van der Waals surface area (Å²) in [5, 5.41) is 9.26. The summed E-state index contributed by atoms with van der Waals surface area (Å²) < 4.78 is 5.34. The van der Waals surface area contributed by atoms with Crippen molar-refractivity contribution in [3.8, 4) is 5.75 Å². The summed E-state index contributed by atoms with van der Waals surface area (Å²) in [6.45, 7) is 4.75. The number of nitrogen functional groups attached to an aromatic ring is 1. The van der Waals surface area contributed by atoms with Gasteiger partial charge in [0.2, 0.25) is 5.75 Å². The van der Waals surface area contributed by atoms with Crippen LogP contribution in [0, 0.1) is 0 Å². The summed E-state index contributed by atoms with van der Waals surface area (Å²) in [5.74, 6) is 6.99. The second-order valence-corrected chi connectivity index (χ2v) is 4.11. The van der Waals surface area contributed by atoms with Crippen molar-refractivity contribution < 1.29 is 9.84 Å². The monoisotopic (exact) mass is 269 g/mol. The highest BCUT2D eigenvalue weighted by Gasteiger charge is 2.22. The lowest BCUT2D eigenvalue weighted by atomic mass is 10.1. The topological polar surface area (TPSA) is 96.5 Å². The summed E-state index contributed by atoms with van der Waals surface area (Å²) >= 11 is 0.